The SMILES string of the molecule is CC1CC[NH+](C[C@@H](O)CO[C@@H]2C[C@H](C)CC(C)(C)C2)CC1. The zero-order valence-electron chi connectivity index (χ0n) is 14.5. The van der Waals surface area contributed by atoms with Crippen LogP contribution in [0.15, 0.2) is 0 Å². The van der Waals surface area contributed by atoms with Gasteiger partial charge in [-0.05, 0) is 49.4 Å². The largest absolute Gasteiger partial charge is 0.385 e. The van der Waals surface area contributed by atoms with Crippen molar-refractivity contribution in [2.75, 3.05) is 26.2 Å². The molecule has 3 heteroatoms. The van der Waals surface area contributed by atoms with Crippen LogP contribution >= 0.6 is 0 Å². The summed E-state index contributed by atoms with van der Waals surface area (Å²) in [7, 11) is 0. The van der Waals surface area contributed by atoms with Gasteiger partial charge in [-0.2, -0.15) is 0 Å². The van der Waals surface area contributed by atoms with Crippen molar-refractivity contribution in [3.8, 4) is 0 Å². The Morgan fingerprint density at radius 3 is 2.43 bits per heavy atom. The number of aliphatic hydroxyl groups excluding tert-OH is 1. The van der Waals surface area contributed by atoms with Gasteiger partial charge in [0.15, 0.2) is 0 Å². The molecule has 1 saturated heterocycles. The fourth-order valence-corrected chi connectivity index (χ4v) is 4.40. The van der Waals surface area contributed by atoms with Crippen LogP contribution in [0.5, 0.6) is 0 Å². The molecule has 21 heavy (non-hydrogen) atoms. The Kier molecular flexibility index (Phi) is 6.10. The van der Waals surface area contributed by atoms with Crippen molar-refractivity contribution < 1.29 is 14.7 Å². The number of hydrogen-bond acceptors (Lipinski definition) is 2. The highest BCUT2D eigenvalue weighted by Crippen LogP contribution is 2.39. The lowest BCUT2D eigenvalue weighted by molar-refractivity contribution is -0.909. The Morgan fingerprint density at radius 2 is 1.81 bits per heavy atom. The zero-order chi connectivity index (χ0) is 15.5. The van der Waals surface area contributed by atoms with Gasteiger partial charge in [-0.25, -0.2) is 0 Å². The van der Waals surface area contributed by atoms with E-state index in [9.17, 15) is 5.11 Å². The van der Waals surface area contributed by atoms with Gasteiger partial charge in [0.05, 0.1) is 25.8 Å². The summed E-state index contributed by atoms with van der Waals surface area (Å²) >= 11 is 0. The van der Waals surface area contributed by atoms with Crippen LogP contribution in [0.1, 0.15) is 59.8 Å². The number of ether oxygens (including phenoxy) is 1. The first kappa shape index (κ1) is 17.2. The maximum atomic E-state index is 10.2. The van der Waals surface area contributed by atoms with Crippen molar-refractivity contribution in [1.29, 1.82) is 0 Å². The van der Waals surface area contributed by atoms with Gasteiger partial charge in [0.25, 0.3) is 0 Å². The molecule has 2 fully saturated rings. The highest BCUT2D eigenvalue weighted by molar-refractivity contribution is 4.83. The maximum Gasteiger partial charge on any atom is 0.126 e. The Morgan fingerprint density at radius 1 is 1.14 bits per heavy atom. The second-order valence-corrected chi connectivity index (χ2v) is 8.66. The predicted molar refractivity (Wildman–Crippen MR) is 86.5 cm³/mol. The first-order valence-electron chi connectivity index (χ1n) is 8.97. The third-order valence-corrected chi connectivity index (χ3v) is 5.38. The summed E-state index contributed by atoms with van der Waals surface area (Å²) in [5.41, 5.74) is 0.390. The van der Waals surface area contributed by atoms with Gasteiger partial charge in [0, 0.05) is 0 Å². The Balaban J connectivity index is 1.67. The van der Waals surface area contributed by atoms with Crippen LogP contribution in [-0.4, -0.2) is 43.6 Å². The Labute approximate surface area is 131 Å². The summed E-state index contributed by atoms with van der Waals surface area (Å²) in [4.78, 5) is 1.56. The molecule has 0 radical (unpaired) electrons. The summed E-state index contributed by atoms with van der Waals surface area (Å²) < 4.78 is 6.05. The summed E-state index contributed by atoms with van der Waals surface area (Å²) in [6, 6.07) is 0. The van der Waals surface area contributed by atoms with E-state index in [4.69, 9.17) is 4.74 Å². The van der Waals surface area contributed by atoms with E-state index in [1.807, 2.05) is 0 Å². The quantitative estimate of drug-likeness (QED) is 0.813. The average molecular weight is 298 g/mol. The number of nitrogens with one attached hydrogen (secondary N) is 1. The van der Waals surface area contributed by atoms with E-state index in [1.54, 1.807) is 4.90 Å². The number of likely N-dealkylation sites (tertiary alicyclic amines) is 1. The van der Waals surface area contributed by atoms with Crippen LogP contribution in [0.4, 0.5) is 0 Å². The summed E-state index contributed by atoms with van der Waals surface area (Å²) in [6.07, 6.45) is 6.24. The van der Waals surface area contributed by atoms with Crippen LogP contribution in [-0.2, 0) is 4.74 Å². The van der Waals surface area contributed by atoms with E-state index in [0.29, 0.717) is 18.1 Å². The minimum absolute atomic E-state index is 0.297. The van der Waals surface area contributed by atoms with E-state index in [1.165, 1.54) is 32.4 Å². The normalized spacial score (nSPS) is 38.1. The molecule has 3 nitrogen and oxygen atoms in total. The lowest BCUT2D eigenvalue weighted by Gasteiger charge is -2.39. The topological polar surface area (TPSA) is 33.9 Å². The second kappa shape index (κ2) is 7.43. The molecule has 0 spiro atoms. The van der Waals surface area contributed by atoms with Gasteiger partial charge >= 0.3 is 0 Å². The highest BCUT2D eigenvalue weighted by atomic mass is 16.5. The van der Waals surface area contributed by atoms with Gasteiger partial charge in [-0.3, -0.25) is 0 Å². The summed E-state index contributed by atoms with van der Waals surface area (Å²) in [6.45, 7) is 13.2. The molecular weight excluding hydrogens is 262 g/mol. The molecule has 0 unspecified atom stereocenters. The van der Waals surface area contributed by atoms with Crippen LogP contribution in [0.2, 0.25) is 0 Å². The molecule has 124 valence electrons. The minimum Gasteiger partial charge on any atom is -0.385 e. The predicted octanol–water partition coefficient (Wildman–Crippen LogP) is 1.89. The monoisotopic (exact) mass is 298 g/mol. The molecule has 1 heterocycles. The standard InChI is InChI=1S/C18H35NO2/c1-14-5-7-19(8-6-14)12-16(20)13-21-17-9-15(2)10-18(3,4)11-17/h14-17,20H,5-13H2,1-4H3/p+1/t15-,16+,17+/m0/s1. The van der Waals surface area contributed by atoms with Crippen molar-refractivity contribution in [1.82, 2.24) is 0 Å². The van der Waals surface area contributed by atoms with E-state index < -0.39 is 0 Å². The van der Waals surface area contributed by atoms with Gasteiger partial charge < -0.3 is 14.7 Å². The lowest BCUT2D eigenvalue weighted by Crippen LogP contribution is -3.14. The molecule has 2 rings (SSSR count). The van der Waals surface area contributed by atoms with E-state index in [0.717, 1.165) is 31.2 Å². The fourth-order valence-electron chi connectivity index (χ4n) is 4.40. The number of rotatable bonds is 5. The van der Waals surface area contributed by atoms with Gasteiger partial charge in [-0.1, -0.05) is 27.7 Å². The summed E-state index contributed by atoms with van der Waals surface area (Å²) in [5, 5.41) is 10.2. The van der Waals surface area contributed by atoms with Crippen molar-refractivity contribution in [2.24, 2.45) is 17.3 Å². The molecule has 2 N–H and O–H groups in total. The third kappa shape index (κ3) is 5.88. The van der Waals surface area contributed by atoms with Crippen LogP contribution in [0.3, 0.4) is 0 Å². The number of piperidine rings is 1. The fraction of sp³-hybridized carbons (Fsp3) is 1.00. The molecule has 1 aliphatic heterocycles. The Bertz CT molecular complexity index is 310. The van der Waals surface area contributed by atoms with Crippen LogP contribution in [0.25, 0.3) is 0 Å². The van der Waals surface area contributed by atoms with E-state index in [-0.39, 0.29) is 6.10 Å². The van der Waals surface area contributed by atoms with E-state index in [2.05, 4.69) is 27.7 Å². The first-order chi connectivity index (χ1) is 9.84. The van der Waals surface area contributed by atoms with Crippen molar-refractivity contribution in [3.05, 3.63) is 0 Å². The second-order valence-electron chi connectivity index (χ2n) is 8.66. The molecule has 1 saturated carbocycles. The molecule has 0 aromatic heterocycles. The molecule has 3 atom stereocenters. The zero-order valence-corrected chi connectivity index (χ0v) is 14.5. The molecule has 0 amide bonds. The van der Waals surface area contributed by atoms with Gasteiger partial charge in [-0.15, -0.1) is 0 Å². The number of quaternary nitrogens is 1. The average Bonchev–Trinajstić information content (AvgIpc) is 2.37. The summed E-state index contributed by atoms with van der Waals surface area (Å²) in [5.74, 6) is 1.61. The Hall–Kier alpha value is -0.120. The maximum absolute atomic E-state index is 10.2. The third-order valence-electron chi connectivity index (χ3n) is 5.38. The minimum atomic E-state index is -0.297. The van der Waals surface area contributed by atoms with Gasteiger partial charge in [0.1, 0.15) is 12.6 Å². The first-order valence-corrected chi connectivity index (χ1v) is 8.97. The molecule has 0 bridgehead atoms. The molecule has 2 aliphatic rings. The molecule has 1 aliphatic carbocycles. The van der Waals surface area contributed by atoms with E-state index >= 15 is 0 Å². The lowest BCUT2D eigenvalue weighted by atomic mass is 9.71. The molecule has 0 aromatic rings. The van der Waals surface area contributed by atoms with Crippen LogP contribution in [0, 0.1) is 17.3 Å². The van der Waals surface area contributed by atoms with Gasteiger partial charge in [0.2, 0.25) is 0 Å². The highest BCUT2D eigenvalue weighted by Gasteiger charge is 2.33. The molecule has 0 aromatic carbocycles. The van der Waals surface area contributed by atoms with Crippen molar-refractivity contribution in [2.45, 2.75) is 72.0 Å². The number of hydrogen-bond donors (Lipinski definition) is 2. The van der Waals surface area contributed by atoms with Crippen molar-refractivity contribution in [3.63, 3.8) is 0 Å². The smallest absolute Gasteiger partial charge is 0.126 e. The molecular formula is C18H36NO2+. The van der Waals surface area contributed by atoms with Crippen LogP contribution < -0.4 is 4.90 Å². The number of aliphatic hydroxyl groups is 1. The van der Waals surface area contributed by atoms with Crippen molar-refractivity contribution >= 4 is 0 Å².